The van der Waals surface area contributed by atoms with Crippen LogP contribution in [0.25, 0.3) is 0 Å². The average Bonchev–Trinajstić information content (AvgIpc) is 2.90. The molecule has 31 heavy (non-hydrogen) atoms. The zero-order chi connectivity index (χ0) is 22.0. The molecule has 1 aromatic carbocycles. The average molecular weight is 455 g/mol. The molecule has 2 aliphatic rings. The second-order valence-electron chi connectivity index (χ2n) is 8.28. The summed E-state index contributed by atoms with van der Waals surface area (Å²) in [6.45, 7) is 3.15. The molecule has 9 heteroatoms. The number of hydrogen-bond donors (Lipinski definition) is 0. The van der Waals surface area contributed by atoms with Crippen LogP contribution in [0.4, 0.5) is 13.2 Å². The number of aromatic nitrogens is 2. The van der Waals surface area contributed by atoms with Crippen LogP contribution < -0.4 is 0 Å². The lowest BCUT2D eigenvalue weighted by atomic mass is 10.1. The van der Waals surface area contributed by atoms with Gasteiger partial charge in [-0.1, -0.05) is 30.2 Å². The van der Waals surface area contributed by atoms with Gasteiger partial charge in [-0.15, -0.1) is 0 Å². The van der Waals surface area contributed by atoms with Gasteiger partial charge in [0.2, 0.25) is 5.91 Å². The van der Waals surface area contributed by atoms with E-state index >= 15 is 0 Å². The zero-order valence-corrected chi connectivity index (χ0v) is 18.1. The Morgan fingerprint density at radius 1 is 1.06 bits per heavy atom. The molecule has 0 bridgehead atoms. The summed E-state index contributed by atoms with van der Waals surface area (Å²) in [5.74, 6) is -0.175. The lowest BCUT2D eigenvalue weighted by Gasteiger charge is -2.34. The molecule has 1 aliphatic carbocycles. The van der Waals surface area contributed by atoms with Crippen LogP contribution in [0.2, 0.25) is 5.02 Å². The van der Waals surface area contributed by atoms with Crippen molar-refractivity contribution >= 4 is 17.5 Å². The van der Waals surface area contributed by atoms with Crippen molar-refractivity contribution in [1.82, 2.24) is 19.6 Å². The molecule has 0 saturated carbocycles. The number of halogens is 4. The molecular formula is C22H26ClF3N4O. The van der Waals surface area contributed by atoms with Crippen LogP contribution in [0.5, 0.6) is 0 Å². The maximum absolute atomic E-state index is 13.5. The van der Waals surface area contributed by atoms with E-state index in [1.807, 2.05) is 24.3 Å². The van der Waals surface area contributed by atoms with Crippen molar-refractivity contribution in [2.45, 2.75) is 51.4 Å². The van der Waals surface area contributed by atoms with Crippen LogP contribution in [-0.4, -0.2) is 51.7 Å². The highest BCUT2D eigenvalue weighted by Crippen LogP contribution is 2.35. The maximum atomic E-state index is 13.5. The number of benzene rings is 1. The Balaban J connectivity index is 1.40. The third kappa shape index (κ3) is 5.23. The molecule has 1 amide bonds. The first-order valence-corrected chi connectivity index (χ1v) is 11.1. The fraction of sp³-hybridized carbons (Fsp3) is 0.545. The van der Waals surface area contributed by atoms with E-state index in [2.05, 4.69) is 10.00 Å². The van der Waals surface area contributed by atoms with Gasteiger partial charge in [0.1, 0.15) is 6.54 Å². The molecule has 0 unspecified atom stereocenters. The number of rotatable bonds is 4. The first-order chi connectivity index (χ1) is 14.8. The lowest BCUT2D eigenvalue weighted by molar-refractivity contribution is -0.142. The van der Waals surface area contributed by atoms with E-state index in [4.69, 9.17) is 11.6 Å². The van der Waals surface area contributed by atoms with E-state index in [0.717, 1.165) is 31.4 Å². The van der Waals surface area contributed by atoms with Crippen LogP contribution >= 0.6 is 11.6 Å². The van der Waals surface area contributed by atoms with Crippen molar-refractivity contribution in [2.24, 2.45) is 0 Å². The highest BCUT2D eigenvalue weighted by atomic mass is 35.5. The summed E-state index contributed by atoms with van der Waals surface area (Å²) >= 11 is 6.04. The molecule has 2 aromatic rings. The molecule has 0 N–H and O–H groups in total. The molecule has 5 nitrogen and oxygen atoms in total. The fourth-order valence-corrected chi connectivity index (χ4v) is 4.70. The van der Waals surface area contributed by atoms with Gasteiger partial charge in [-0.3, -0.25) is 14.4 Å². The Bertz CT molecular complexity index is 935. The fourth-order valence-electron chi connectivity index (χ4n) is 4.48. The molecule has 2 heterocycles. The van der Waals surface area contributed by atoms with Gasteiger partial charge in [0.25, 0.3) is 0 Å². The van der Waals surface area contributed by atoms with Gasteiger partial charge in [-0.25, -0.2) is 0 Å². The highest BCUT2D eigenvalue weighted by molar-refractivity contribution is 6.30. The van der Waals surface area contributed by atoms with Gasteiger partial charge in [0, 0.05) is 49.0 Å². The molecule has 4 rings (SSSR count). The zero-order valence-electron chi connectivity index (χ0n) is 17.3. The highest BCUT2D eigenvalue weighted by Gasteiger charge is 2.39. The van der Waals surface area contributed by atoms with Gasteiger partial charge in [0.05, 0.1) is 0 Å². The summed E-state index contributed by atoms with van der Waals surface area (Å²) in [7, 11) is 0. The Hall–Kier alpha value is -2.06. The number of carbonyl (C=O) groups is 1. The molecule has 1 aliphatic heterocycles. The molecule has 1 aromatic heterocycles. The second-order valence-corrected chi connectivity index (χ2v) is 8.71. The number of piperazine rings is 1. The Kier molecular flexibility index (Phi) is 6.57. The molecule has 1 saturated heterocycles. The maximum Gasteiger partial charge on any atom is 0.435 e. The SMILES string of the molecule is O=C(Cn1nc(C(F)(F)F)c2c1CCCCC2)N1CCN(Cc2cccc(Cl)c2)CC1. The quantitative estimate of drug-likeness (QED) is 0.651. The number of fused-ring (bicyclic) bond motifs is 1. The summed E-state index contributed by atoms with van der Waals surface area (Å²) in [5.41, 5.74) is 1.16. The molecule has 0 spiro atoms. The van der Waals surface area contributed by atoms with Crippen LogP contribution in [-0.2, 0) is 36.9 Å². The van der Waals surface area contributed by atoms with Crippen LogP contribution in [0, 0.1) is 0 Å². The Morgan fingerprint density at radius 3 is 2.52 bits per heavy atom. The van der Waals surface area contributed by atoms with Crippen LogP contribution in [0.15, 0.2) is 24.3 Å². The van der Waals surface area contributed by atoms with Gasteiger partial charge >= 0.3 is 6.18 Å². The molecule has 1 fully saturated rings. The minimum Gasteiger partial charge on any atom is -0.339 e. The summed E-state index contributed by atoms with van der Waals surface area (Å²) in [4.78, 5) is 16.8. The smallest absolute Gasteiger partial charge is 0.339 e. The number of nitrogens with zero attached hydrogens (tertiary/aromatic N) is 4. The minimum absolute atomic E-state index is 0.132. The first kappa shape index (κ1) is 22.1. The molecular weight excluding hydrogens is 429 g/mol. The number of hydrogen-bond acceptors (Lipinski definition) is 3. The van der Waals surface area contributed by atoms with Crippen molar-refractivity contribution in [3.63, 3.8) is 0 Å². The van der Waals surface area contributed by atoms with E-state index in [9.17, 15) is 18.0 Å². The third-order valence-corrected chi connectivity index (χ3v) is 6.32. The molecule has 0 atom stereocenters. The van der Waals surface area contributed by atoms with Gasteiger partial charge in [-0.2, -0.15) is 18.3 Å². The number of alkyl halides is 3. The normalized spacial score (nSPS) is 18.0. The van der Waals surface area contributed by atoms with E-state index in [1.165, 1.54) is 4.68 Å². The van der Waals surface area contributed by atoms with Crippen molar-refractivity contribution in [1.29, 1.82) is 0 Å². The van der Waals surface area contributed by atoms with E-state index in [-0.39, 0.29) is 18.0 Å². The van der Waals surface area contributed by atoms with Crippen molar-refractivity contribution < 1.29 is 18.0 Å². The van der Waals surface area contributed by atoms with Crippen molar-refractivity contribution in [3.8, 4) is 0 Å². The summed E-state index contributed by atoms with van der Waals surface area (Å²) in [5, 5.41) is 4.54. The molecule has 168 valence electrons. The molecule has 0 radical (unpaired) electrons. The van der Waals surface area contributed by atoms with Crippen molar-refractivity contribution in [2.75, 3.05) is 26.2 Å². The topological polar surface area (TPSA) is 41.4 Å². The summed E-state index contributed by atoms with van der Waals surface area (Å²) < 4.78 is 41.7. The second kappa shape index (κ2) is 9.20. The predicted molar refractivity (Wildman–Crippen MR) is 112 cm³/mol. The Labute approximate surface area is 184 Å². The van der Waals surface area contributed by atoms with E-state index < -0.39 is 11.9 Å². The van der Waals surface area contributed by atoms with E-state index in [1.54, 1.807) is 4.90 Å². The van der Waals surface area contributed by atoms with Crippen molar-refractivity contribution in [3.05, 3.63) is 51.8 Å². The first-order valence-electron chi connectivity index (χ1n) is 10.7. The largest absolute Gasteiger partial charge is 0.435 e. The van der Waals surface area contributed by atoms with Gasteiger partial charge in [-0.05, 0) is 43.4 Å². The lowest BCUT2D eigenvalue weighted by Crippen LogP contribution is -2.49. The number of carbonyl (C=O) groups excluding carboxylic acids is 1. The third-order valence-electron chi connectivity index (χ3n) is 6.08. The van der Waals surface area contributed by atoms with Gasteiger partial charge < -0.3 is 4.90 Å². The number of amides is 1. The predicted octanol–water partition coefficient (Wildman–Crippen LogP) is 4.17. The Morgan fingerprint density at radius 2 is 1.81 bits per heavy atom. The minimum atomic E-state index is -4.49. The monoisotopic (exact) mass is 454 g/mol. The van der Waals surface area contributed by atoms with Gasteiger partial charge in [0.15, 0.2) is 5.69 Å². The van der Waals surface area contributed by atoms with Crippen LogP contribution in [0.1, 0.15) is 41.8 Å². The van der Waals surface area contributed by atoms with Crippen LogP contribution in [0.3, 0.4) is 0 Å². The summed E-state index contributed by atoms with van der Waals surface area (Å²) in [6.07, 6.45) is -1.13. The summed E-state index contributed by atoms with van der Waals surface area (Å²) in [6, 6.07) is 7.70. The standard InChI is InChI=1S/C22H26ClF3N4O/c23-17-6-4-5-16(13-17)14-28-9-11-29(12-10-28)20(31)15-30-19-8-3-1-2-7-18(19)21(27-30)22(24,25)26/h4-6,13H,1-3,7-12,14-15H2. The van der Waals surface area contributed by atoms with E-state index in [0.29, 0.717) is 49.7 Å².